The summed E-state index contributed by atoms with van der Waals surface area (Å²) in [6, 6.07) is -0.657. The molecule has 0 spiro atoms. The molecule has 1 saturated heterocycles. The van der Waals surface area contributed by atoms with E-state index in [1.54, 1.807) is 4.90 Å². The van der Waals surface area contributed by atoms with E-state index in [-0.39, 0.29) is 12.5 Å². The van der Waals surface area contributed by atoms with Crippen LogP contribution in [0.1, 0.15) is 0 Å². The molecule has 4 N–H and O–H groups in total. The van der Waals surface area contributed by atoms with E-state index in [0.29, 0.717) is 13.1 Å². The smallest absolute Gasteiger partial charge is 0.323 e. The van der Waals surface area contributed by atoms with Crippen molar-refractivity contribution in [2.45, 2.75) is 0 Å². The predicted octanol–water partition coefficient (Wildman–Crippen LogP) is -2.20. The number of carboxylic acid groups (broad SMARTS) is 1. The topological polar surface area (TPSA) is 111 Å². The van der Waals surface area contributed by atoms with Crippen molar-refractivity contribution in [2.75, 3.05) is 39.3 Å². The fourth-order valence-electron chi connectivity index (χ4n) is 1.40. The van der Waals surface area contributed by atoms with E-state index in [0.717, 1.165) is 13.1 Å². The van der Waals surface area contributed by atoms with Gasteiger partial charge in [0.05, 0.1) is 6.54 Å². The summed E-state index contributed by atoms with van der Waals surface area (Å²) in [5.41, 5.74) is 0. The third-order valence-corrected chi connectivity index (χ3v) is 2.27. The average Bonchev–Trinajstić information content (AvgIpc) is 2.34. The van der Waals surface area contributed by atoms with Crippen molar-refractivity contribution in [1.82, 2.24) is 20.9 Å². The maximum Gasteiger partial charge on any atom is 0.323 e. The Kier molecular flexibility index (Phi) is 5.21. The van der Waals surface area contributed by atoms with Crippen molar-refractivity contribution in [3.05, 3.63) is 0 Å². The second kappa shape index (κ2) is 6.69. The van der Waals surface area contributed by atoms with Gasteiger partial charge >= 0.3 is 12.0 Å². The van der Waals surface area contributed by atoms with Crippen LogP contribution in [0.25, 0.3) is 0 Å². The van der Waals surface area contributed by atoms with Crippen LogP contribution in [-0.2, 0) is 9.59 Å². The molecule has 0 saturated carbocycles. The first-order chi connectivity index (χ1) is 8.09. The third kappa shape index (κ3) is 5.16. The van der Waals surface area contributed by atoms with Crippen molar-refractivity contribution in [2.24, 2.45) is 0 Å². The van der Waals surface area contributed by atoms with Crippen molar-refractivity contribution in [3.8, 4) is 0 Å². The number of piperazine rings is 1. The van der Waals surface area contributed by atoms with E-state index in [1.807, 2.05) is 0 Å². The minimum absolute atomic E-state index is 0.120. The molecule has 96 valence electrons. The molecule has 0 radical (unpaired) electrons. The van der Waals surface area contributed by atoms with E-state index >= 15 is 0 Å². The minimum Gasteiger partial charge on any atom is -0.480 e. The normalized spacial score (nSPS) is 15.2. The summed E-state index contributed by atoms with van der Waals surface area (Å²) in [6.07, 6.45) is 0. The highest BCUT2D eigenvalue weighted by molar-refractivity contribution is 5.85. The molecule has 17 heavy (non-hydrogen) atoms. The molecule has 0 bridgehead atoms. The van der Waals surface area contributed by atoms with Crippen LogP contribution >= 0.6 is 0 Å². The maximum absolute atomic E-state index is 11.6. The Morgan fingerprint density at radius 1 is 1.12 bits per heavy atom. The molecule has 0 aromatic carbocycles. The van der Waals surface area contributed by atoms with Gasteiger partial charge in [0.15, 0.2) is 0 Å². The van der Waals surface area contributed by atoms with Gasteiger partial charge in [0.1, 0.15) is 6.54 Å². The molecule has 3 amide bonds. The number of hydrogen-bond acceptors (Lipinski definition) is 4. The summed E-state index contributed by atoms with van der Waals surface area (Å²) < 4.78 is 0. The van der Waals surface area contributed by atoms with Gasteiger partial charge in [0.25, 0.3) is 0 Å². The zero-order chi connectivity index (χ0) is 12.7. The molecule has 1 aliphatic rings. The van der Waals surface area contributed by atoms with Gasteiger partial charge in [-0.15, -0.1) is 0 Å². The van der Waals surface area contributed by atoms with Gasteiger partial charge in [0, 0.05) is 26.2 Å². The summed E-state index contributed by atoms with van der Waals surface area (Å²) in [4.78, 5) is 34.5. The lowest BCUT2D eigenvalue weighted by Gasteiger charge is -2.27. The van der Waals surface area contributed by atoms with Crippen LogP contribution in [-0.4, -0.2) is 67.2 Å². The standard InChI is InChI=1S/C9H16N4O4/c14-7(13-3-1-10-2-4-13)5-11-9(17)12-6-8(15)16/h10H,1-6H2,(H,15,16)(H2,11,12,17). The lowest BCUT2D eigenvalue weighted by molar-refractivity contribution is -0.135. The van der Waals surface area contributed by atoms with Crippen LogP contribution in [0.15, 0.2) is 0 Å². The van der Waals surface area contributed by atoms with Gasteiger partial charge in [0.2, 0.25) is 5.91 Å². The van der Waals surface area contributed by atoms with Crippen molar-refractivity contribution in [1.29, 1.82) is 0 Å². The number of urea groups is 1. The second-order valence-electron chi connectivity index (χ2n) is 3.56. The summed E-state index contributed by atoms with van der Waals surface area (Å²) >= 11 is 0. The first-order valence-corrected chi connectivity index (χ1v) is 5.31. The number of amides is 3. The van der Waals surface area contributed by atoms with Crippen molar-refractivity contribution in [3.63, 3.8) is 0 Å². The molecule has 1 aliphatic heterocycles. The zero-order valence-electron chi connectivity index (χ0n) is 9.36. The number of nitrogens with zero attached hydrogens (tertiary/aromatic N) is 1. The monoisotopic (exact) mass is 244 g/mol. The van der Waals surface area contributed by atoms with Crippen molar-refractivity contribution >= 4 is 17.9 Å². The summed E-state index contributed by atoms with van der Waals surface area (Å²) in [7, 11) is 0. The molecule has 0 unspecified atom stereocenters. The molecule has 0 aromatic heterocycles. The zero-order valence-corrected chi connectivity index (χ0v) is 9.36. The van der Waals surface area contributed by atoms with Crippen LogP contribution in [0.4, 0.5) is 4.79 Å². The minimum atomic E-state index is -1.13. The molecule has 0 aliphatic carbocycles. The maximum atomic E-state index is 11.6. The number of carbonyl (C=O) groups excluding carboxylic acids is 2. The Bertz CT molecular complexity index is 301. The van der Waals surface area contributed by atoms with E-state index < -0.39 is 18.5 Å². The number of rotatable bonds is 4. The Morgan fingerprint density at radius 2 is 1.71 bits per heavy atom. The molecular weight excluding hydrogens is 228 g/mol. The second-order valence-corrected chi connectivity index (χ2v) is 3.56. The molecule has 8 heteroatoms. The number of aliphatic carboxylic acids is 1. The van der Waals surface area contributed by atoms with Gasteiger partial charge in [-0.3, -0.25) is 9.59 Å². The Balaban J connectivity index is 2.18. The van der Waals surface area contributed by atoms with Crippen LogP contribution in [0.5, 0.6) is 0 Å². The Hall–Kier alpha value is -1.83. The molecule has 0 aromatic rings. The van der Waals surface area contributed by atoms with Crippen molar-refractivity contribution < 1.29 is 19.5 Å². The highest BCUT2D eigenvalue weighted by atomic mass is 16.4. The number of hydrogen-bond donors (Lipinski definition) is 4. The third-order valence-electron chi connectivity index (χ3n) is 2.27. The van der Waals surface area contributed by atoms with E-state index in [9.17, 15) is 14.4 Å². The first kappa shape index (κ1) is 13.2. The molecule has 8 nitrogen and oxygen atoms in total. The molecule has 0 atom stereocenters. The molecule has 1 fully saturated rings. The largest absolute Gasteiger partial charge is 0.480 e. The van der Waals surface area contributed by atoms with Crippen LogP contribution < -0.4 is 16.0 Å². The molecule has 1 heterocycles. The molecular formula is C9H16N4O4. The lowest BCUT2D eigenvalue weighted by Crippen LogP contribution is -2.50. The number of carboxylic acids is 1. The van der Waals surface area contributed by atoms with E-state index in [2.05, 4.69) is 16.0 Å². The highest BCUT2D eigenvalue weighted by Crippen LogP contribution is 1.91. The first-order valence-electron chi connectivity index (χ1n) is 5.31. The highest BCUT2D eigenvalue weighted by Gasteiger charge is 2.16. The predicted molar refractivity (Wildman–Crippen MR) is 58.5 cm³/mol. The van der Waals surface area contributed by atoms with Gasteiger partial charge in [-0.2, -0.15) is 0 Å². The Morgan fingerprint density at radius 3 is 2.29 bits per heavy atom. The molecule has 1 rings (SSSR count). The SMILES string of the molecule is O=C(O)CNC(=O)NCC(=O)N1CCNCC1. The van der Waals surface area contributed by atoms with E-state index in [4.69, 9.17) is 5.11 Å². The quantitative estimate of drug-likeness (QED) is 0.448. The fourth-order valence-corrected chi connectivity index (χ4v) is 1.40. The van der Waals surface area contributed by atoms with Gasteiger partial charge < -0.3 is 26.0 Å². The number of nitrogens with one attached hydrogen (secondary N) is 3. The van der Waals surface area contributed by atoms with Crippen LogP contribution in [0.3, 0.4) is 0 Å². The van der Waals surface area contributed by atoms with Crippen LogP contribution in [0, 0.1) is 0 Å². The summed E-state index contributed by atoms with van der Waals surface area (Å²) in [6.45, 7) is 2.15. The van der Waals surface area contributed by atoms with Gasteiger partial charge in [-0.1, -0.05) is 0 Å². The van der Waals surface area contributed by atoms with Crippen LogP contribution in [0.2, 0.25) is 0 Å². The fraction of sp³-hybridized carbons (Fsp3) is 0.667. The summed E-state index contributed by atoms with van der Waals surface area (Å²) in [5, 5.41) is 15.8. The van der Waals surface area contributed by atoms with E-state index in [1.165, 1.54) is 0 Å². The van der Waals surface area contributed by atoms with Gasteiger partial charge in [-0.05, 0) is 0 Å². The average molecular weight is 244 g/mol. The lowest BCUT2D eigenvalue weighted by atomic mass is 10.3. The summed E-state index contributed by atoms with van der Waals surface area (Å²) in [5.74, 6) is -1.30. The number of carbonyl (C=O) groups is 3. The van der Waals surface area contributed by atoms with Gasteiger partial charge in [-0.25, -0.2) is 4.79 Å². The Labute approximate surface area is 98.3 Å².